The molecular formula is C10H15NO3S2. The van der Waals surface area contributed by atoms with E-state index in [2.05, 4.69) is 5.32 Å². The maximum absolute atomic E-state index is 11.3. The zero-order valence-corrected chi connectivity index (χ0v) is 10.7. The summed E-state index contributed by atoms with van der Waals surface area (Å²) in [5.41, 5.74) is 0. The quantitative estimate of drug-likeness (QED) is 0.879. The fourth-order valence-electron chi connectivity index (χ4n) is 1.83. The fourth-order valence-corrected chi connectivity index (χ4v) is 4.33. The normalized spacial score (nSPS) is 23.4. The van der Waals surface area contributed by atoms with Crippen molar-refractivity contribution in [1.82, 2.24) is 5.32 Å². The van der Waals surface area contributed by atoms with Gasteiger partial charge in [-0.1, -0.05) is 0 Å². The Bertz CT molecular complexity index is 452. The van der Waals surface area contributed by atoms with Gasteiger partial charge in [0.05, 0.1) is 23.5 Å². The van der Waals surface area contributed by atoms with E-state index in [0.717, 1.165) is 17.0 Å². The molecular weight excluding hydrogens is 246 g/mol. The van der Waals surface area contributed by atoms with Crippen molar-refractivity contribution in [2.75, 3.05) is 18.6 Å². The summed E-state index contributed by atoms with van der Waals surface area (Å²) in [5.74, 6) is 1.45. The first-order valence-corrected chi connectivity index (χ1v) is 7.85. The van der Waals surface area contributed by atoms with Crippen LogP contribution in [0.4, 0.5) is 0 Å². The smallest absolute Gasteiger partial charge is 0.151 e. The number of thiophene rings is 1. The molecule has 90 valence electrons. The lowest BCUT2D eigenvalue weighted by Gasteiger charge is -2.10. The highest BCUT2D eigenvalue weighted by atomic mass is 32.2. The molecule has 1 aliphatic heterocycles. The minimum absolute atomic E-state index is 0.0943. The fraction of sp³-hybridized carbons (Fsp3) is 0.600. The minimum atomic E-state index is -2.79. The first-order valence-electron chi connectivity index (χ1n) is 5.15. The Kier molecular flexibility index (Phi) is 3.51. The van der Waals surface area contributed by atoms with Crippen LogP contribution in [-0.4, -0.2) is 33.1 Å². The molecule has 1 atom stereocenters. The summed E-state index contributed by atoms with van der Waals surface area (Å²) >= 11 is 1.62. The standard InChI is InChI=1S/C10H15NO3S2/c1-14-9-2-4-15-10(9)6-11-8-3-5-16(12,13)7-8/h2,4,8,11H,3,5-7H2,1H3. The van der Waals surface area contributed by atoms with Gasteiger partial charge in [0.25, 0.3) is 0 Å². The molecule has 1 aliphatic rings. The number of hydrogen-bond donors (Lipinski definition) is 1. The molecule has 0 aliphatic carbocycles. The van der Waals surface area contributed by atoms with Crippen molar-refractivity contribution in [3.8, 4) is 5.75 Å². The molecule has 2 rings (SSSR count). The Morgan fingerprint density at radius 1 is 1.62 bits per heavy atom. The van der Waals surface area contributed by atoms with E-state index in [0.29, 0.717) is 12.3 Å². The molecule has 4 nitrogen and oxygen atoms in total. The van der Waals surface area contributed by atoms with E-state index < -0.39 is 9.84 Å². The van der Waals surface area contributed by atoms with Crippen molar-refractivity contribution in [2.45, 2.75) is 19.0 Å². The molecule has 1 fully saturated rings. The Labute approximate surface area is 99.5 Å². The molecule has 0 amide bonds. The zero-order chi connectivity index (χ0) is 11.6. The Balaban J connectivity index is 1.89. The van der Waals surface area contributed by atoms with E-state index in [4.69, 9.17) is 4.74 Å². The van der Waals surface area contributed by atoms with Crippen LogP contribution < -0.4 is 10.1 Å². The molecule has 1 N–H and O–H groups in total. The molecule has 0 spiro atoms. The topological polar surface area (TPSA) is 55.4 Å². The van der Waals surface area contributed by atoms with Gasteiger partial charge in [0.15, 0.2) is 9.84 Å². The average molecular weight is 261 g/mol. The van der Waals surface area contributed by atoms with Crippen LogP contribution in [-0.2, 0) is 16.4 Å². The summed E-state index contributed by atoms with van der Waals surface area (Å²) in [7, 11) is -1.15. The van der Waals surface area contributed by atoms with Gasteiger partial charge < -0.3 is 10.1 Å². The molecule has 0 bridgehead atoms. The zero-order valence-electron chi connectivity index (χ0n) is 9.10. The van der Waals surface area contributed by atoms with Crippen molar-refractivity contribution >= 4 is 21.2 Å². The van der Waals surface area contributed by atoms with Crippen LogP contribution in [0.15, 0.2) is 11.4 Å². The lowest BCUT2D eigenvalue weighted by Crippen LogP contribution is -2.29. The van der Waals surface area contributed by atoms with Crippen LogP contribution in [0.5, 0.6) is 5.75 Å². The van der Waals surface area contributed by atoms with Gasteiger partial charge in [-0.3, -0.25) is 0 Å². The molecule has 1 aromatic heterocycles. The third-order valence-electron chi connectivity index (χ3n) is 2.71. The summed E-state index contributed by atoms with van der Waals surface area (Å²) in [5, 5.41) is 5.24. The van der Waals surface area contributed by atoms with E-state index >= 15 is 0 Å². The minimum Gasteiger partial charge on any atom is -0.496 e. The van der Waals surface area contributed by atoms with E-state index in [1.54, 1.807) is 18.4 Å². The highest BCUT2D eigenvalue weighted by molar-refractivity contribution is 7.91. The van der Waals surface area contributed by atoms with Gasteiger partial charge in [-0.25, -0.2) is 8.42 Å². The Morgan fingerprint density at radius 3 is 3.06 bits per heavy atom. The predicted octanol–water partition coefficient (Wildman–Crippen LogP) is 1.03. The molecule has 16 heavy (non-hydrogen) atoms. The predicted molar refractivity (Wildman–Crippen MR) is 64.8 cm³/mol. The van der Waals surface area contributed by atoms with Crippen molar-refractivity contribution < 1.29 is 13.2 Å². The molecule has 2 heterocycles. The van der Waals surface area contributed by atoms with E-state index in [1.807, 2.05) is 11.4 Å². The first-order chi connectivity index (χ1) is 7.61. The van der Waals surface area contributed by atoms with Crippen LogP contribution in [0.3, 0.4) is 0 Å². The van der Waals surface area contributed by atoms with Gasteiger partial charge in [-0.05, 0) is 17.9 Å². The van der Waals surface area contributed by atoms with Crippen LogP contribution in [0.1, 0.15) is 11.3 Å². The number of methoxy groups -OCH3 is 1. The highest BCUT2D eigenvalue weighted by Crippen LogP contribution is 2.24. The van der Waals surface area contributed by atoms with E-state index in [9.17, 15) is 8.42 Å². The maximum atomic E-state index is 11.3. The van der Waals surface area contributed by atoms with Crippen molar-refractivity contribution in [3.05, 3.63) is 16.3 Å². The summed E-state index contributed by atoms with van der Waals surface area (Å²) in [6.07, 6.45) is 0.718. The van der Waals surface area contributed by atoms with Gasteiger partial charge >= 0.3 is 0 Å². The van der Waals surface area contributed by atoms with Crippen molar-refractivity contribution in [3.63, 3.8) is 0 Å². The maximum Gasteiger partial charge on any atom is 0.151 e. The Hall–Kier alpha value is -0.590. The second-order valence-electron chi connectivity index (χ2n) is 3.89. The number of hydrogen-bond acceptors (Lipinski definition) is 5. The van der Waals surface area contributed by atoms with Crippen molar-refractivity contribution in [2.24, 2.45) is 0 Å². The second kappa shape index (κ2) is 4.73. The van der Waals surface area contributed by atoms with Gasteiger partial charge in [0.2, 0.25) is 0 Å². The third-order valence-corrected chi connectivity index (χ3v) is 5.38. The first kappa shape index (κ1) is 11.9. The third kappa shape index (κ3) is 2.75. The monoisotopic (exact) mass is 261 g/mol. The summed E-state index contributed by atoms with van der Waals surface area (Å²) in [6, 6.07) is 2.02. The summed E-state index contributed by atoms with van der Waals surface area (Å²) < 4.78 is 27.7. The SMILES string of the molecule is COc1ccsc1CNC1CCS(=O)(=O)C1. The van der Waals surface area contributed by atoms with Gasteiger partial charge in [0, 0.05) is 12.6 Å². The number of ether oxygens (including phenoxy) is 1. The Morgan fingerprint density at radius 2 is 2.44 bits per heavy atom. The van der Waals surface area contributed by atoms with Crippen LogP contribution in [0, 0.1) is 0 Å². The molecule has 0 aromatic carbocycles. The summed E-state index contributed by atoms with van der Waals surface area (Å²) in [4.78, 5) is 1.12. The van der Waals surface area contributed by atoms with E-state index in [1.165, 1.54) is 0 Å². The van der Waals surface area contributed by atoms with Crippen molar-refractivity contribution in [1.29, 1.82) is 0 Å². The number of sulfone groups is 1. The lowest BCUT2D eigenvalue weighted by atomic mass is 10.2. The lowest BCUT2D eigenvalue weighted by molar-refractivity contribution is 0.409. The molecule has 0 radical (unpaired) electrons. The van der Waals surface area contributed by atoms with Gasteiger partial charge in [0.1, 0.15) is 5.75 Å². The van der Waals surface area contributed by atoms with Crippen LogP contribution in [0.25, 0.3) is 0 Å². The average Bonchev–Trinajstić information content (AvgIpc) is 2.81. The van der Waals surface area contributed by atoms with Gasteiger partial charge in [-0.2, -0.15) is 0 Å². The molecule has 1 aromatic rings. The number of rotatable bonds is 4. The second-order valence-corrected chi connectivity index (χ2v) is 7.12. The van der Waals surface area contributed by atoms with E-state index in [-0.39, 0.29) is 11.8 Å². The van der Waals surface area contributed by atoms with Crippen LogP contribution in [0.2, 0.25) is 0 Å². The van der Waals surface area contributed by atoms with Gasteiger partial charge in [-0.15, -0.1) is 11.3 Å². The number of nitrogens with one attached hydrogen (secondary N) is 1. The molecule has 1 saturated heterocycles. The largest absolute Gasteiger partial charge is 0.496 e. The van der Waals surface area contributed by atoms with Crippen LogP contribution >= 0.6 is 11.3 Å². The molecule has 6 heteroatoms. The molecule has 0 saturated carbocycles. The molecule has 1 unspecified atom stereocenters. The highest BCUT2D eigenvalue weighted by Gasteiger charge is 2.27. The summed E-state index contributed by atoms with van der Waals surface area (Å²) in [6.45, 7) is 0.682.